The van der Waals surface area contributed by atoms with E-state index in [-0.39, 0.29) is 5.41 Å². The monoisotopic (exact) mass is 274 g/mol. The first-order chi connectivity index (χ1) is 8.88. The smallest absolute Gasteiger partial charge is 0.346 e. The number of aromatic carboxylic acids is 1. The van der Waals surface area contributed by atoms with Crippen LogP contribution in [0.25, 0.3) is 10.1 Å². The molecule has 1 aromatic heterocycles. The van der Waals surface area contributed by atoms with E-state index >= 15 is 0 Å². The van der Waals surface area contributed by atoms with E-state index in [0.29, 0.717) is 4.88 Å². The molecular formula is C16H18O2S. The van der Waals surface area contributed by atoms with Crippen molar-refractivity contribution in [3.63, 3.8) is 0 Å². The lowest BCUT2D eigenvalue weighted by Gasteiger charge is -2.19. The molecule has 0 saturated carbocycles. The second kappa shape index (κ2) is 4.07. The Labute approximate surface area is 117 Å². The van der Waals surface area contributed by atoms with Crippen molar-refractivity contribution in [1.82, 2.24) is 0 Å². The van der Waals surface area contributed by atoms with Gasteiger partial charge in [-0.25, -0.2) is 4.79 Å². The van der Waals surface area contributed by atoms with Gasteiger partial charge in [-0.1, -0.05) is 20.8 Å². The SMILES string of the molecule is CC(C)(C)c1c(C(=O)O)sc2cc3c(cc12)CCC3. The molecule has 0 amide bonds. The minimum absolute atomic E-state index is 0.140. The summed E-state index contributed by atoms with van der Waals surface area (Å²) in [4.78, 5) is 12.0. The molecule has 0 atom stereocenters. The van der Waals surface area contributed by atoms with E-state index in [4.69, 9.17) is 0 Å². The van der Waals surface area contributed by atoms with Crippen molar-refractivity contribution in [2.45, 2.75) is 45.4 Å². The third-order valence-corrected chi connectivity index (χ3v) is 4.99. The van der Waals surface area contributed by atoms with Gasteiger partial charge in [0.15, 0.2) is 0 Å². The van der Waals surface area contributed by atoms with Crippen LogP contribution in [0.5, 0.6) is 0 Å². The van der Waals surface area contributed by atoms with E-state index < -0.39 is 5.97 Å². The van der Waals surface area contributed by atoms with E-state index in [0.717, 1.165) is 28.5 Å². The molecule has 1 aromatic carbocycles. The van der Waals surface area contributed by atoms with E-state index in [9.17, 15) is 9.90 Å². The number of thiophene rings is 1. The van der Waals surface area contributed by atoms with E-state index in [2.05, 4.69) is 32.9 Å². The summed E-state index contributed by atoms with van der Waals surface area (Å²) in [5.41, 5.74) is 3.67. The molecule has 2 aromatic rings. The van der Waals surface area contributed by atoms with Gasteiger partial charge in [0.1, 0.15) is 4.88 Å². The molecule has 19 heavy (non-hydrogen) atoms. The summed E-state index contributed by atoms with van der Waals surface area (Å²) in [5.74, 6) is -0.800. The van der Waals surface area contributed by atoms with Crippen LogP contribution in [0.15, 0.2) is 12.1 Å². The number of fused-ring (bicyclic) bond motifs is 2. The third-order valence-electron chi connectivity index (χ3n) is 3.85. The molecule has 1 heterocycles. The zero-order chi connectivity index (χ0) is 13.8. The first kappa shape index (κ1) is 12.7. The average Bonchev–Trinajstić information content (AvgIpc) is 2.86. The van der Waals surface area contributed by atoms with Gasteiger partial charge in [-0.05, 0) is 58.9 Å². The van der Waals surface area contributed by atoms with Crippen LogP contribution in [0.3, 0.4) is 0 Å². The number of benzene rings is 1. The molecule has 1 aliphatic carbocycles. The average molecular weight is 274 g/mol. The summed E-state index contributed by atoms with van der Waals surface area (Å²) in [6.45, 7) is 6.27. The predicted octanol–water partition coefficient (Wildman–Crippen LogP) is 4.39. The molecule has 100 valence electrons. The van der Waals surface area contributed by atoms with Crippen molar-refractivity contribution in [3.05, 3.63) is 33.7 Å². The fraction of sp³-hybridized carbons (Fsp3) is 0.438. The molecule has 0 spiro atoms. The Kier molecular flexibility index (Phi) is 2.72. The van der Waals surface area contributed by atoms with Gasteiger partial charge in [-0.3, -0.25) is 0 Å². The lowest BCUT2D eigenvalue weighted by atomic mass is 9.84. The van der Waals surface area contributed by atoms with Crippen LogP contribution < -0.4 is 0 Å². The quantitative estimate of drug-likeness (QED) is 0.837. The number of hydrogen-bond acceptors (Lipinski definition) is 2. The van der Waals surface area contributed by atoms with Crippen LogP contribution in [0.1, 0.15) is 53.6 Å². The molecule has 0 fully saturated rings. The van der Waals surface area contributed by atoms with Crippen molar-refractivity contribution in [2.75, 3.05) is 0 Å². The predicted molar refractivity (Wildman–Crippen MR) is 79.5 cm³/mol. The zero-order valence-corrected chi connectivity index (χ0v) is 12.4. The molecule has 3 heteroatoms. The van der Waals surface area contributed by atoms with Crippen LogP contribution in [-0.2, 0) is 18.3 Å². The molecule has 0 radical (unpaired) electrons. The Hall–Kier alpha value is -1.35. The Morgan fingerprint density at radius 3 is 2.42 bits per heavy atom. The number of rotatable bonds is 1. The summed E-state index contributed by atoms with van der Waals surface area (Å²) in [7, 11) is 0. The van der Waals surface area contributed by atoms with Gasteiger partial charge in [0.25, 0.3) is 0 Å². The largest absolute Gasteiger partial charge is 0.477 e. The third kappa shape index (κ3) is 1.96. The van der Waals surface area contributed by atoms with Crippen molar-refractivity contribution < 1.29 is 9.90 Å². The summed E-state index contributed by atoms with van der Waals surface area (Å²) in [6.07, 6.45) is 3.49. The summed E-state index contributed by atoms with van der Waals surface area (Å²) in [6, 6.07) is 4.45. The topological polar surface area (TPSA) is 37.3 Å². The maximum Gasteiger partial charge on any atom is 0.346 e. The van der Waals surface area contributed by atoms with Crippen LogP contribution in [0.2, 0.25) is 0 Å². The van der Waals surface area contributed by atoms with Crippen molar-refractivity contribution in [3.8, 4) is 0 Å². The van der Waals surface area contributed by atoms with Crippen LogP contribution in [-0.4, -0.2) is 11.1 Å². The van der Waals surface area contributed by atoms with Gasteiger partial charge >= 0.3 is 5.97 Å². The number of hydrogen-bond donors (Lipinski definition) is 1. The minimum Gasteiger partial charge on any atom is -0.477 e. The highest BCUT2D eigenvalue weighted by Gasteiger charge is 2.28. The van der Waals surface area contributed by atoms with Gasteiger partial charge in [-0.2, -0.15) is 0 Å². The summed E-state index contributed by atoms with van der Waals surface area (Å²) >= 11 is 1.43. The maximum absolute atomic E-state index is 11.5. The zero-order valence-electron chi connectivity index (χ0n) is 11.5. The minimum atomic E-state index is -0.800. The fourth-order valence-electron chi connectivity index (χ4n) is 3.06. The van der Waals surface area contributed by atoms with Crippen molar-refractivity contribution in [2.24, 2.45) is 0 Å². The Bertz CT molecular complexity index is 674. The lowest BCUT2D eigenvalue weighted by Crippen LogP contribution is -2.14. The fourth-order valence-corrected chi connectivity index (χ4v) is 4.36. The van der Waals surface area contributed by atoms with Crippen molar-refractivity contribution >= 4 is 27.4 Å². The molecule has 1 aliphatic rings. The Morgan fingerprint density at radius 1 is 1.21 bits per heavy atom. The van der Waals surface area contributed by atoms with Crippen LogP contribution >= 0.6 is 11.3 Å². The van der Waals surface area contributed by atoms with E-state index in [1.165, 1.54) is 28.9 Å². The Balaban J connectivity index is 2.36. The van der Waals surface area contributed by atoms with E-state index in [1.54, 1.807) is 0 Å². The van der Waals surface area contributed by atoms with E-state index in [1.807, 2.05) is 0 Å². The summed E-state index contributed by atoms with van der Waals surface area (Å²) in [5, 5.41) is 10.6. The maximum atomic E-state index is 11.5. The van der Waals surface area contributed by atoms with Crippen molar-refractivity contribution in [1.29, 1.82) is 0 Å². The molecule has 2 nitrogen and oxygen atoms in total. The van der Waals surface area contributed by atoms with Gasteiger partial charge in [0.05, 0.1) is 0 Å². The molecule has 0 bridgehead atoms. The number of aryl methyl sites for hydroxylation is 2. The standard InChI is InChI=1S/C16H18O2S/c1-16(2,3)13-11-7-9-5-4-6-10(9)8-12(11)19-14(13)15(17)18/h7-8H,4-6H2,1-3H3,(H,17,18). The first-order valence-corrected chi connectivity index (χ1v) is 7.51. The molecular weight excluding hydrogens is 256 g/mol. The Morgan fingerprint density at radius 2 is 1.84 bits per heavy atom. The van der Waals surface area contributed by atoms with Gasteiger partial charge < -0.3 is 5.11 Å². The highest BCUT2D eigenvalue weighted by molar-refractivity contribution is 7.21. The highest BCUT2D eigenvalue weighted by atomic mass is 32.1. The van der Waals surface area contributed by atoms with Gasteiger partial charge in [-0.15, -0.1) is 11.3 Å². The first-order valence-electron chi connectivity index (χ1n) is 6.70. The molecule has 1 N–H and O–H groups in total. The highest BCUT2D eigenvalue weighted by Crippen LogP contribution is 2.41. The molecule has 0 aliphatic heterocycles. The van der Waals surface area contributed by atoms with Crippen LogP contribution in [0.4, 0.5) is 0 Å². The molecule has 3 rings (SSSR count). The van der Waals surface area contributed by atoms with Gasteiger partial charge in [0.2, 0.25) is 0 Å². The number of carboxylic acids is 1. The molecule has 0 unspecified atom stereocenters. The van der Waals surface area contributed by atoms with Gasteiger partial charge in [0, 0.05) is 4.70 Å². The molecule has 0 saturated heterocycles. The van der Waals surface area contributed by atoms with Crippen LogP contribution in [0, 0.1) is 0 Å². The summed E-state index contributed by atoms with van der Waals surface area (Å²) < 4.78 is 1.13. The normalized spacial score (nSPS) is 14.9. The number of carbonyl (C=O) groups is 1. The lowest BCUT2D eigenvalue weighted by molar-refractivity contribution is 0.0700. The second-order valence-electron chi connectivity index (χ2n) is 6.33. The second-order valence-corrected chi connectivity index (χ2v) is 7.38. The number of carboxylic acid groups (broad SMARTS) is 1.